The number of aliphatic imine (C=N–C) groups is 1. The van der Waals surface area contributed by atoms with E-state index in [1.165, 1.54) is 17.2 Å². The summed E-state index contributed by atoms with van der Waals surface area (Å²) in [6.07, 6.45) is 1.81. The first-order valence-electron chi connectivity index (χ1n) is 9.45. The van der Waals surface area contributed by atoms with Crippen molar-refractivity contribution in [2.75, 3.05) is 19.7 Å². The van der Waals surface area contributed by atoms with Crippen molar-refractivity contribution in [2.45, 2.75) is 32.9 Å². The molecule has 1 heterocycles. The predicted octanol–water partition coefficient (Wildman–Crippen LogP) is 4.14. The number of guanidine groups is 1. The van der Waals surface area contributed by atoms with E-state index in [1.54, 1.807) is 18.2 Å². The van der Waals surface area contributed by atoms with Crippen LogP contribution < -0.4 is 20.1 Å². The molecule has 0 radical (unpaired) electrons. The Kier molecular flexibility index (Phi) is 9.43. The zero-order valence-electron chi connectivity index (χ0n) is 16.3. The number of halogens is 3. The molecule has 0 amide bonds. The normalized spacial score (nSPS) is 12.8. The van der Waals surface area contributed by atoms with Crippen molar-refractivity contribution in [3.8, 4) is 11.5 Å². The molecule has 0 bridgehead atoms. The summed E-state index contributed by atoms with van der Waals surface area (Å²) in [6, 6.07) is 13.0. The van der Waals surface area contributed by atoms with E-state index < -0.39 is 6.61 Å². The third-order valence-electron chi connectivity index (χ3n) is 4.40. The molecule has 5 nitrogen and oxygen atoms in total. The standard InChI is InChI=1S/C21H25F2N3O2.HI/c1-2-24-21(26-14-17-5-3-4-6-19(17)28-20(22)23)25-11-9-15-7-8-18-16(13-15)10-12-27-18;/h3-8,13,20H,2,9-12,14H2,1H3,(H2,24,25,26);1H. The van der Waals surface area contributed by atoms with E-state index in [0.717, 1.165) is 25.2 Å². The molecule has 2 N–H and O–H groups in total. The van der Waals surface area contributed by atoms with Crippen LogP contribution in [-0.2, 0) is 19.4 Å². The van der Waals surface area contributed by atoms with E-state index in [4.69, 9.17) is 4.74 Å². The molecule has 0 atom stereocenters. The van der Waals surface area contributed by atoms with Crippen LogP contribution in [0.4, 0.5) is 8.78 Å². The quantitative estimate of drug-likeness (QED) is 0.314. The van der Waals surface area contributed by atoms with Crippen LogP contribution in [0.2, 0.25) is 0 Å². The number of alkyl halides is 2. The molecule has 158 valence electrons. The first kappa shape index (κ1) is 23.2. The van der Waals surface area contributed by atoms with Gasteiger partial charge in [0.1, 0.15) is 11.5 Å². The number of benzene rings is 2. The molecule has 1 aliphatic rings. The van der Waals surface area contributed by atoms with Gasteiger partial charge in [0.05, 0.1) is 13.2 Å². The van der Waals surface area contributed by atoms with E-state index in [9.17, 15) is 8.78 Å². The molecule has 0 spiro atoms. The van der Waals surface area contributed by atoms with Crippen molar-refractivity contribution in [2.24, 2.45) is 4.99 Å². The highest BCUT2D eigenvalue weighted by molar-refractivity contribution is 14.0. The first-order valence-corrected chi connectivity index (χ1v) is 9.45. The zero-order chi connectivity index (χ0) is 19.8. The lowest BCUT2D eigenvalue weighted by molar-refractivity contribution is -0.0504. The minimum atomic E-state index is -2.85. The third-order valence-corrected chi connectivity index (χ3v) is 4.40. The van der Waals surface area contributed by atoms with Crippen LogP contribution in [0, 0.1) is 0 Å². The van der Waals surface area contributed by atoms with Crippen molar-refractivity contribution >= 4 is 29.9 Å². The maximum absolute atomic E-state index is 12.5. The van der Waals surface area contributed by atoms with E-state index in [-0.39, 0.29) is 36.3 Å². The monoisotopic (exact) mass is 517 g/mol. The number of hydrogen-bond donors (Lipinski definition) is 2. The zero-order valence-corrected chi connectivity index (χ0v) is 18.6. The van der Waals surface area contributed by atoms with E-state index in [2.05, 4.69) is 32.5 Å². The van der Waals surface area contributed by atoms with Gasteiger partial charge in [-0.25, -0.2) is 4.99 Å². The summed E-state index contributed by atoms with van der Waals surface area (Å²) in [5.41, 5.74) is 3.11. The van der Waals surface area contributed by atoms with Gasteiger partial charge in [-0.1, -0.05) is 30.3 Å². The van der Waals surface area contributed by atoms with Gasteiger partial charge in [0.2, 0.25) is 0 Å². The molecule has 0 unspecified atom stereocenters. The Morgan fingerprint density at radius 1 is 1.21 bits per heavy atom. The lowest BCUT2D eigenvalue weighted by Crippen LogP contribution is -2.38. The van der Waals surface area contributed by atoms with Crippen LogP contribution >= 0.6 is 24.0 Å². The summed E-state index contributed by atoms with van der Waals surface area (Å²) in [4.78, 5) is 4.49. The number of nitrogens with one attached hydrogen (secondary N) is 2. The molecule has 0 fully saturated rings. The summed E-state index contributed by atoms with van der Waals surface area (Å²) >= 11 is 0. The second-order valence-corrected chi connectivity index (χ2v) is 6.40. The lowest BCUT2D eigenvalue weighted by Gasteiger charge is -2.13. The number of ether oxygens (including phenoxy) is 2. The second-order valence-electron chi connectivity index (χ2n) is 6.40. The number of fused-ring (bicyclic) bond motifs is 1. The fraction of sp³-hybridized carbons (Fsp3) is 0.381. The third kappa shape index (κ3) is 7.02. The predicted molar refractivity (Wildman–Crippen MR) is 121 cm³/mol. The van der Waals surface area contributed by atoms with Crippen molar-refractivity contribution in [3.05, 3.63) is 59.2 Å². The molecular weight excluding hydrogens is 491 g/mol. The Bertz CT molecular complexity index is 818. The van der Waals surface area contributed by atoms with Crippen LogP contribution in [0.25, 0.3) is 0 Å². The van der Waals surface area contributed by atoms with Crippen molar-refractivity contribution < 1.29 is 18.3 Å². The number of rotatable bonds is 8. The van der Waals surface area contributed by atoms with Gasteiger partial charge in [-0.15, -0.1) is 24.0 Å². The van der Waals surface area contributed by atoms with E-state index in [1.807, 2.05) is 13.0 Å². The fourth-order valence-electron chi connectivity index (χ4n) is 3.07. The van der Waals surface area contributed by atoms with Gasteiger partial charge in [-0.2, -0.15) is 8.78 Å². The highest BCUT2D eigenvalue weighted by Crippen LogP contribution is 2.26. The average molecular weight is 517 g/mol. The summed E-state index contributed by atoms with van der Waals surface area (Å²) < 4.78 is 35.2. The van der Waals surface area contributed by atoms with Crippen molar-refractivity contribution in [1.82, 2.24) is 10.6 Å². The van der Waals surface area contributed by atoms with Crippen molar-refractivity contribution in [3.63, 3.8) is 0 Å². The van der Waals surface area contributed by atoms with Gasteiger partial charge in [-0.3, -0.25) is 0 Å². The molecule has 0 saturated heterocycles. The van der Waals surface area contributed by atoms with E-state index in [0.29, 0.717) is 24.6 Å². The topological polar surface area (TPSA) is 54.9 Å². The number of nitrogens with zero attached hydrogens (tertiary/aromatic N) is 1. The van der Waals surface area contributed by atoms with Crippen molar-refractivity contribution in [1.29, 1.82) is 0 Å². The van der Waals surface area contributed by atoms with Crippen LogP contribution in [0.5, 0.6) is 11.5 Å². The molecule has 8 heteroatoms. The molecule has 0 saturated carbocycles. The Balaban J connectivity index is 0.00000300. The summed E-state index contributed by atoms with van der Waals surface area (Å²) in [7, 11) is 0. The molecule has 0 aliphatic carbocycles. The smallest absolute Gasteiger partial charge is 0.387 e. The summed E-state index contributed by atoms with van der Waals surface area (Å²) in [6.45, 7) is 1.54. The average Bonchev–Trinajstić information content (AvgIpc) is 3.14. The Morgan fingerprint density at radius 3 is 2.83 bits per heavy atom. The van der Waals surface area contributed by atoms with Crippen LogP contribution in [0.3, 0.4) is 0 Å². The number of para-hydroxylation sites is 1. The Labute approximate surface area is 186 Å². The SMILES string of the molecule is CCNC(=NCc1ccccc1OC(F)F)NCCc1ccc2c(c1)CCO2.I. The molecule has 29 heavy (non-hydrogen) atoms. The van der Waals surface area contributed by atoms with Crippen LogP contribution in [0.1, 0.15) is 23.6 Å². The second kappa shape index (κ2) is 11.8. The van der Waals surface area contributed by atoms with Gasteiger partial charge in [0.25, 0.3) is 0 Å². The van der Waals surface area contributed by atoms with E-state index >= 15 is 0 Å². The maximum Gasteiger partial charge on any atom is 0.387 e. The van der Waals surface area contributed by atoms with Gasteiger partial charge in [-0.05, 0) is 36.6 Å². The molecule has 2 aromatic rings. The number of hydrogen-bond acceptors (Lipinski definition) is 3. The maximum atomic E-state index is 12.5. The largest absolute Gasteiger partial charge is 0.493 e. The molecule has 0 aromatic heterocycles. The van der Waals surface area contributed by atoms with Gasteiger partial charge in [0.15, 0.2) is 5.96 Å². The minimum Gasteiger partial charge on any atom is -0.493 e. The molecule has 1 aliphatic heterocycles. The molecular formula is C21H26F2IN3O2. The summed E-state index contributed by atoms with van der Waals surface area (Å²) in [5.74, 6) is 1.77. The fourth-order valence-corrected chi connectivity index (χ4v) is 3.07. The van der Waals surface area contributed by atoms with Gasteiger partial charge >= 0.3 is 6.61 Å². The van der Waals surface area contributed by atoms with Crippen LogP contribution in [-0.4, -0.2) is 32.3 Å². The Morgan fingerprint density at radius 2 is 2.03 bits per heavy atom. The highest BCUT2D eigenvalue weighted by atomic mass is 127. The molecule has 2 aromatic carbocycles. The van der Waals surface area contributed by atoms with Gasteiger partial charge < -0.3 is 20.1 Å². The minimum absolute atomic E-state index is 0. The summed E-state index contributed by atoms with van der Waals surface area (Å²) in [5, 5.41) is 6.46. The lowest BCUT2D eigenvalue weighted by atomic mass is 10.1. The highest BCUT2D eigenvalue weighted by Gasteiger charge is 2.12. The molecule has 3 rings (SSSR count). The first-order chi connectivity index (χ1) is 13.7. The van der Waals surface area contributed by atoms with Gasteiger partial charge in [0, 0.05) is 25.1 Å². The Hall–Kier alpha value is -2.10. The van der Waals surface area contributed by atoms with Crippen LogP contribution in [0.15, 0.2) is 47.5 Å².